The van der Waals surface area contributed by atoms with Crippen LogP contribution in [0.3, 0.4) is 0 Å². The van der Waals surface area contributed by atoms with Crippen molar-refractivity contribution in [1.29, 1.82) is 0 Å². The molecule has 6 heteroatoms. The number of rotatable bonds is 7. The van der Waals surface area contributed by atoms with Crippen molar-refractivity contribution < 1.29 is 14.3 Å². The first kappa shape index (κ1) is 22.0. The molecular formula is C22H27BrN2O3. The van der Waals surface area contributed by atoms with E-state index in [0.29, 0.717) is 12.3 Å². The fraction of sp³-hybridized carbons (Fsp3) is 0.364. The second-order valence-corrected chi connectivity index (χ2v) is 7.75. The van der Waals surface area contributed by atoms with Gasteiger partial charge in [-0.2, -0.15) is 0 Å². The first-order valence-corrected chi connectivity index (χ1v) is 9.98. The van der Waals surface area contributed by atoms with Gasteiger partial charge in [0.25, 0.3) is 5.91 Å². The van der Waals surface area contributed by atoms with Gasteiger partial charge in [-0.05, 0) is 56.5 Å². The number of nitrogens with zero attached hydrogens (tertiary/aromatic N) is 1. The summed E-state index contributed by atoms with van der Waals surface area (Å²) < 4.78 is 6.77. The van der Waals surface area contributed by atoms with E-state index in [-0.39, 0.29) is 18.4 Å². The molecule has 0 radical (unpaired) electrons. The minimum Gasteiger partial charge on any atom is -0.484 e. The molecule has 0 fully saturated rings. The molecule has 0 aliphatic rings. The van der Waals surface area contributed by atoms with Crippen LogP contribution in [0, 0.1) is 20.8 Å². The second kappa shape index (κ2) is 9.73. The summed E-state index contributed by atoms with van der Waals surface area (Å²) in [6.45, 7) is 7.89. The van der Waals surface area contributed by atoms with Crippen LogP contribution in [-0.4, -0.2) is 36.4 Å². The average molecular weight is 447 g/mol. The molecule has 2 amide bonds. The van der Waals surface area contributed by atoms with Gasteiger partial charge in [-0.15, -0.1) is 0 Å². The fourth-order valence-electron chi connectivity index (χ4n) is 2.90. The van der Waals surface area contributed by atoms with Gasteiger partial charge in [0.05, 0.1) is 0 Å². The van der Waals surface area contributed by atoms with E-state index in [9.17, 15) is 9.59 Å². The van der Waals surface area contributed by atoms with E-state index < -0.39 is 6.04 Å². The van der Waals surface area contributed by atoms with E-state index in [0.717, 1.165) is 26.7 Å². The number of amides is 2. The van der Waals surface area contributed by atoms with Crippen LogP contribution >= 0.6 is 15.9 Å². The second-order valence-electron chi connectivity index (χ2n) is 6.96. The number of likely N-dealkylation sites (N-methyl/N-ethyl adjacent to an activating group) is 1. The van der Waals surface area contributed by atoms with Gasteiger partial charge >= 0.3 is 0 Å². The number of nitrogens with one attached hydrogen (secondary N) is 1. The molecule has 2 aromatic rings. The SMILES string of the molecule is CNC(=O)[C@H](C)N(Cc1ccc(C)cc1)C(=O)COc1cc(C)c(Br)c(C)c1. The van der Waals surface area contributed by atoms with Gasteiger partial charge in [0.2, 0.25) is 5.91 Å². The zero-order valence-corrected chi connectivity index (χ0v) is 18.6. The van der Waals surface area contributed by atoms with E-state index >= 15 is 0 Å². The summed E-state index contributed by atoms with van der Waals surface area (Å²) in [7, 11) is 1.57. The standard InChI is InChI=1S/C22H27BrN2O3/c1-14-6-8-18(9-7-14)12-25(17(4)22(27)24-5)20(26)13-28-19-10-15(2)21(23)16(3)11-19/h6-11,17H,12-13H2,1-5H3,(H,24,27)/t17-/m0/s1. The highest BCUT2D eigenvalue weighted by Crippen LogP contribution is 2.26. The van der Waals surface area contributed by atoms with Crippen LogP contribution in [0.2, 0.25) is 0 Å². The summed E-state index contributed by atoms with van der Waals surface area (Å²) in [6, 6.07) is 11.1. The Bertz CT molecular complexity index is 826. The van der Waals surface area contributed by atoms with Crippen molar-refractivity contribution in [3.05, 3.63) is 63.1 Å². The molecule has 0 heterocycles. The van der Waals surface area contributed by atoms with Gasteiger partial charge in [-0.1, -0.05) is 45.8 Å². The number of benzene rings is 2. The highest BCUT2D eigenvalue weighted by atomic mass is 79.9. The van der Waals surface area contributed by atoms with Crippen molar-refractivity contribution in [2.45, 2.75) is 40.3 Å². The van der Waals surface area contributed by atoms with Gasteiger partial charge in [-0.25, -0.2) is 0 Å². The Hall–Kier alpha value is -2.34. The van der Waals surface area contributed by atoms with E-state index in [4.69, 9.17) is 4.74 Å². The van der Waals surface area contributed by atoms with E-state index in [2.05, 4.69) is 21.2 Å². The Balaban J connectivity index is 2.16. The highest BCUT2D eigenvalue weighted by molar-refractivity contribution is 9.10. The summed E-state index contributed by atoms with van der Waals surface area (Å²) >= 11 is 3.53. The molecule has 0 saturated heterocycles. The number of ether oxygens (including phenoxy) is 1. The summed E-state index contributed by atoms with van der Waals surface area (Å²) in [5.41, 5.74) is 4.19. The molecule has 2 rings (SSSR count). The molecule has 5 nitrogen and oxygen atoms in total. The first-order valence-electron chi connectivity index (χ1n) is 9.19. The number of hydrogen-bond acceptors (Lipinski definition) is 3. The lowest BCUT2D eigenvalue weighted by Crippen LogP contribution is -2.48. The van der Waals surface area contributed by atoms with Gasteiger partial charge in [-0.3, -0.25) is 9.59 Å². The van der Waals surface area contributed by atoms with E-state index in [1.165, 1.54) is 0 Å². The number of carbonyl (C=O) groups excluding carboxylic acids is 2. The van der Waals surface area contributed by atoms with Gasteiger partial charge < -0.3 is 15.0 Å². The van der Waals surface area contributed by atoms with Crippen molar-refractivity contribution in [1.82, 2.24) is 10.2 Å². The third-order valence-electron chi connectivity index (χ3n) is 4.66. The van der Waals surface area contributed by atoms with Crippen molar-refractivity contribution >= 4 is 27.7 Å². The van der Waals surface area contributed by atoms with Crippen molar-refractivity contribution in [3.8, 4) is 5.75 Å². The molecule has 0 saturated carbocycles. The Morgan fingerprint density at radius 3 is 2.21 bits per heavy atom. The number of aryl methyl sites for hydroxylation is 3. The molecule has 1 atom stereocenters. The van der Waals surface area contributed by atoms with Crippen LogP contribution in [0.15, 0.2) is 40.9 Å². The lowest BCUT2D eigenvalue weighted by atomic mass is 10.1. The summed E-state index contributed by atoms with van der Waals surface area (Å²) in [5.74, 6) is 0.181. The molecule has 0 aliphatic heterocycles. The molecule has 0 aliphatic carbocycles. The van der Waals surface area contributed by atoms with E-state index in [1.807, 2.05) is 57.2 Å². The maximum Gasteiger partial charge on any atom is 0.261 e. The third-order valence-corrected chi connectivity index (χ3v) is 5.91. The van der Waals surface area contributed by atoms with Crippen molar-refractivity contribution in [3.63, 3.8) is 0 Å². The molecule has 0 aromatic heterocycles. The predicted molar refractivity (Wildman–Crippen MR) is 114 cm³/mol. The molecule has 150 valence electrons. The highest BCUT2D eigenvalue weighted by Gasteiger charge is 2.25. The molecule has 28 heavy (non-hydrogen) atoms. The predicted octanol–water partition coefficient (Wildman–Crippen LogP) is 3.92. The average Bonchev–Trinajstić information content (AvgIpc) is 2.68. The van der Waals surface area contributed by atoms with E-state index in [1.54, 1.807) is 18.9 Å². The summed E-state index contributed by atoms with van der Waals surface area (Å²) in [6.07, 6.45) is 0. The minimum atomic E-state index is -0.601. The zero-order chi connectivity index (χ0) is 20.8. The summed E-state index contributed by atoms with van der Waals surface area (Å²) in [4.78, 5) is 26.6. The van der Waals surface area contributed by atoms with Crippen LogP contribution in [0.1, 0.15) is 29.2 Å². The smallest absolute Gasteiger partial charge is 0.261 e. The first-order chi connectivity index (χ1) is 13.2. The molecule has 2 aromatic carbocycles. The molecule has 0 bridgehead atoms. The number of carbonyl (C=O) groups is 2. The maximum absolute atomic E-state index is 12.9. The lowest BCUT2D eigenvalue weighted by Gasteiger charge is -2.28. The molecule has 0 spiro atoms. The number of halogens is 1. The monoisotopic (exact) mass is 446 g/mol. The van der Waals surface area contributed by atoms with Crippen LogP contribution in [-0.2, 0) is 16.1 Å². The quantitative estimate of drug-likeness (QED) is 0.700. The Morgan fingerprint density at radius 2 is 1.68 bits per heavy atom. The Labute approximate surface area is 175 Å². The maximum atomic E-state index is 12.9. The van der Waals surface area contributed by atoms with Crippen LogP contribution in [0.25, 0.3) is 0 Å². The van der Waals surface area contributed by atoms with Crippen molar-refractivity contribution in [2.75, 3.05) is 13.7 Å². The third kappa shape index (κ3) is 5.58. The summed E-state index contributed by atoms with van der Waals surface area (Å²) in [5, 5.41) is 2.61. The topological polar surface area (TPSA) is 58.6 Å². The largest absolute Gasteiger partial charge is 0.484 e. The van der Waals surface area contributed by atoms with Crippen LogP contribution in [0.4, 0.5) is 0 Å². The van der Waals surface area contributed by atoms with Gasteiger partial charge in [0.15, 0.2) is 6.61 Å². The van der Waals surface area contributed by atoms with Crippen molar-refractivity contribution in [2.24, 2.45) is 0 Å². The molecule has 0 unspecified atom stereocenters. The lowest BCUT2D eigenvalue weighted by molar-refractivity contribution is -0.142. The minimum absolute atomic E-state index is 0.131. The molecule has 1 N–H and O–H groups in total. The zero-order valence-electron chi connectivity index (χ0n) is 17.0. The normalized spacial score (nSPS) is 11.6. The van der Waals surface area contributed by atoms with Crippen LogP contribution in [0.5, 0.6) is 5.75 Å². The van der Waals surface area contributed by atoms with Gasteiger partial charge in [0.1, 0.15) is 11.8 Å². The Kier molecular flexibility index (Phi) is 7.63. The van der Waals surface area contributed by atoms with Gasteiger partial charge in [0, 0.05) is 18.1 Å². The molecular weight excluding hydrogens is 420 g/mol. The Morgan fingerprint density at radius 1 is 1.11 bits per heavy atom. The van der Waals surface area contributed by atoms with Crippen LogP contribution < -0.4 is 10.1 Å². The number of hydrogen-bond donors (Lipinski definition) is 1. The fourth-order valence-corrected chi connectivity index (χ4v) is 3.13.